The Hall–Kier alpha value is -1.39. The lowest BCUT2D eigenvalue weighted by Gasteiger charge is -2.33. The molecule has 1 amide bonds. The van der Waals surface area contributed by atoms with Gasteiger partial charge in [-0.1, -0.05) is 37.3 Å². The number of benzene rings is 1. The van der Waals surface area contributed by atoms with Crippen LogP contribution in [-0.4, -0.2) is 36.0 Å². The van der Waals surface area contributed by atoms with Gasteiger partial charge in [0, 0.05) is 31.6 Å². The number of rotatable bonds is 6. The van der Waals surface area contributed by atoms with Gasteiger partial charge in [0.2, 0.25) is 5.91 Å². The number of carbonyl (C=O) groups excluding carboxylic acids is 1. The molecule has 1 aromatic carbocycles. The number of nitrogens with two attached hydrogens (primary N) is 1. The third-order valence-electron chi connectivity index (χ3n) is 4.09. The SMILES string of the molecule is CCC(N)CC(=O)NC1CCCN(Cc2ccccc2)C1. The fraction of sp³-hybridized carbons (Fsp3) is 0.588. The first-order valence-electron chi connectivity index (χ1n) is 7.98. The van der Waals surface area contributed by atoms with Crippen LogP contribution < -0.4 is 11.1 Å². The highest BCUT2D eigenvalue weighted by Crippen LogP contribution is 2.14. The minimum Gasteiger partial charge on any atom is -0.352 e. The van der Waals surface area contributed by atoms with Gasteiger partial charge in [0.1, 0.15) is 0 Å². The van der Waals surface area contributed by atoms with E-state index in [-0.39, 0.29) is 18.0 Å². The lowest BCUT2D eigenvalue weighted by Crippen LogP contribution is -2.48. The summed E-state index contributed by atoms with van der Waals surface area (Å²) >= 11 is 0. The van der Waals surface area contributed by atoms with Crippen molar-refractivity contribution in [3.8, 4) is 0 Å². The molecule has 2 rings (SSSR count). The van der Waals surface area contributed by atoms with Crippen molar-refractivity contribution in [1.29, 1.82) is 0 Å². The molecular weight excluding hydrogens is 262 g/mol. The normalized spacial score (nSPS) is 21.0. The zero-order valence-electron chi connectivity index (χ0n) is 12.9. The molecule has 1 aromatic rings. The van der Waals surface area contributed by atoms with Gasteiger partial charge in [-0.05, 0) is 31.4 Å². The van der Waals surface area contributed by atoms with Crippen LogP contribution in [0.3, 0.4) is 0 Å². The maximum Gasteiger partial charge on any atom is 0.221 e. The number of hydrogen-bond acceptors (Lipinski definition) is 3. The molecular formula is C17H27N3O. The quantitative estimate of drug-likeness (QED) is 0.841. The summed E-state index contributed by atoms with van der Waals surface area (Å²) in [5.41, 5.74) is 7.17. The Morgan fingerprint density at radius 1 is 1.43 bits per heavy atom. The minimum absolute atomic E-state index is 0.0194. The number of piperidine rings is 1. The Bertz CT molecular complexity index is 435. The van der Waals surface area contributed by atoms with Gasteiger partial charge in [0.05, 0.1) is 0 Å². The van der Waals surface area contributed by atoms with E-state index in [1.807, 2.05) is 13.0 Å². The summed E-state index contributed by atoms with van der Waals surface area (Å²) in [4.78, 5) is 14.4. The van der Waals surface area contributed by atoms with Crippen molar-refractivity contribution in [3.63, 3.8) is 0 Å². The van der Waals surface area contributed by atoms with Crippen molar-refractivity contribution in [2.24, 2.45) is 5.73 Å². The van der Waals surface area contributed by atoms with Crippen LogP contribution in [0.5, 0.6) is 0 Å². The molecule has 2 atom stereocenters. The third-order valence-corrected chi connectivity index (χ3v) is 4.09. The summed E-state index contributed by atoms with van der Waals surface area (Å²) < 4.78 is 0. The van der Waals surface area contributed by atoms with Gasteiger partial charge in [-0.15, -0.1) is 0 Å². The van der Waals surface area contributed by atoms with Crippen molar-refractivity contribution in [2.75, 3.05) is 13.1 Å². The van der Waals surface area contributed by atoms with E-state index in [0.29, 0.717) is 6.42 Å². The molecule has 0 saturated carbocycles. The van der Waals surface area contributed by atoms with Crippen LogP contribution >= 0.6 is 0 Å². The first kappa shape index (κ1) is 16.0. The predicted molar refractivity (Wildman–Crippen MR) is 85.8 cm³/mol. The van der Waals surface area contributed by atoms with E-state index < -0.39 is 0 Å². The van der Waals surface area contributed by atoms with Gasteiger partial charge in [-0.2, -0.15) is 0 Å². The van der Waals surface area contributed by atoms with Crippen molar-refractivity contribution in [2.45, 2.75) is 51.2 Å². The smallest absolute Gasteiger partial charge is 0.221 e. The number of carbonyl (C=O) groups is 1. The highest BCUT2D eigenvalue weighted by atomic mass is 16.1. The predicted octanol–water partition coefficient (Wildman–Crippen LogP) is 1.89. The first-order chi connectivity index (χ1) is 10.2. The summed E-state index contributed by atoms with van der Waals surface area (Å²) in [6.45, 7) is 5.01. The zero-order valence-corrected chi connectivity index (χ0v) is 12.9. The molecule has 4 nitrogen and oxygen atoms in total. The van der Waals surface area contributed by atoms with E-state index in [1.54, 1.807) is 0 Å². The Morgan fingerprint density at radius 2 is 2.19 bits per heavy atom. The third kappa shape index (κ3) is 5.48. The van der Waals surface area contributed by atoms with Gasteiger partial charge in [-0.25, -0.2) is 0 Å². The van der Waals surface area contributed by atoms with E-state index in [0.717, 1.165) is 38.9 Å². The van der Waals surface area contributed by atoms with Gasteiger partial charge in [0.15, 0.2) is 0 Å². The zero-order chi connectivity index (χ0) is 15.1. The van der Waals surface area contributed by atoms with Crippen LogP contribution in [0.4, 0.5) is 0 Å². The minimum atomic E-state index is -0.0194. The molecule has 21 heavy (non-hydrogen) atoms. The lowest BCUT2D eigenvalue weighted by atomic mass is 10.0. The molecule has 3 N–H and O–H groups in total. The molecule has 0 bridgehead atoms. The Labute approximate surface area is 127 Å². The van der Waals surface area contributed by atoms with Crippen LogP contribution in [0.1, 0.15) is 38.2 Å². The first-order valence-corrected chi connectivity index (χ1v) is 7.98. The van der Waals surface area contributed by atoms with Gasteiger partial charge < -0.3 is 11.1 Å². The van der Waals surface area contributed by atoms with Crippen LogP contribution in [0.2, 0.25) is 0 Å². The molecule has 0 aliphatic carbocycles. The molecule has 1 heterocycles. The second kappa shape index (κ2) is 8.15. The molecule has 1 aliphatic heterocycles. The summed E-state index contributed by atoms with van der Waals surface area (Å²) in [5.74, 6) is 0.0934. The average molecular weight is 289 g/mol. The highest BCUT2D eigenvalue weighted by molar-refractivity contribution is 5.76. The molecule has 0 radical (unpaired) electrons. The number of nitrogens with one attached hydrogen (secondary N) is 1. The maximum atomic E-state index is 11.9. The van der Waals surface area contributed by atoms with Crippen LogP contribution in [0, 0.1) is 0 Å². The Morgan fingerprint density at radius 3 is 2.90 bits per heavy atom. The van der Waals surface area contributed by atoms with E-state index >= 15 is 0 Å². The Balaban J connectivity index is 1.79. The van der Waals surface area contributed by atoms with Crippen molar-refractivity contribution in [1.82, 2.24) is 10.2 Å². The topological polar surface area (TPSA) is 58.4 Å². The van der Waals surface area contributed by atoms with E-state index in [1.165, 1.54) is 5.56 Å². The molecule has 1 fully saturated rings. The van der Waals surface area contributed by atoms with Gasteiger partial charge in [0.25, 0.3) is 0 Å². The van der Waals surface area contributed by atoms with Gasteiger partial charge >= 0.3 is 0 Å². The summed E-state index contributed by atoms with van der Waals surface area (Å²) in [7, 11) is 0. The van der Waals surface area contributed by atoms with E-state index in [2.05, 4.69) is 34.5 Å². The second-order valence-electron chi connectivity index (χ2n) is 6.00. The molecule has 4 heteroatoms. The monoisotopic (exact) mass is 289 g/mol. The van der Waals surface area contributed by atoms with Crippen LogP contribution in [0.25, 0.3) is 0 Å². The standard InChI is InChI=1S/C17H27N3O/c1-2-15(18)11-17(21)19-16-9-6-10-20(13-16)12-14-7-4-3-5-8-14/h3-5,7-8,15-16H,2,6,9-13,18H2,1H3,(H,19,21). The highest BCUT2D eigenvalue weighted by Gasteiger charge is 2.21. The maximum absolute atomic E-state index is 11.9. The molecule has 2 unspecified atom stereocenters. The van der Waals surface area contributed by atoms with Crippen LogP contribution in [0.15, 0.2) is 30.3 Å². The van der Waals surface area contributed by atoms with Crippen molar-refractivity contribution >= 4 is 5.91 Å². The summed E-state index contributed by atoms with van der Waals surface area (Å²) in [6, 6.07) is 10.7. The second-order valence-corrected chi connectivity index (χ2v) is 6.00. The van der Waals surface area contributed by atoms with E-state index in [9.17, 15) is 4.79 Å². The number of likely N-dealkylation sites (tertiary alicyclic amines) is 1. The molecule has 0 spiro atoms. The number of hydrogen-bond donors (Lipinski definition) is 2. The number of amides is 1. The largest absolute Gasteiger partial charge is 0.352 e. The molecule has 1 aliphatic rings. The molecule has 1 saturated heterocycles. The van der Waals surface area contributed by atoms with Gasteiger partial charge in [-0.3, -0.25) is 9.69 Å². The lowest BCUT2D eigenvalue weighted by molar-refractivity contribution is -0.122. The van der Waals surface area contributed by atoms with E-state index in [4.69, 9.17) is 5.73 Å². The summed E-state index contributed by atoms with van der Waals surface area (Å²) in [6.07, 6.45) is 3.49. The van der Waals surface area contributed by atoms with Crippen molar-refractivity contribution in [3.05, 3.63) is 35.9 Å². The Kier molecular flexibility index (Phi) is 6.21. The average Bonchev–Trinajstić information content (AvgIpc) is 2.48. The summed E-state index contributed by atoms with van der Waals surface area (Å²) in [5, 5.41) is 3.14. The molecule has 116 valence electrons. The fourth-order valence-electron chi connectivity index (χ4n) is 2.83. The van der Waals surface area contributed by atoms with Crippen molar-refractivity contribution < 1.29 is 4.79 Å². The number of nitrogens with zero attached hydrogens (tertiary/aromatic N) is 1. The fourth-order valence-corrected chi connectivity index (χ4v) is 2.83. The van der Waals surface area contributed by atoms with Crippen LogP contribution in [-0.2, 0) is 11.3 Å². The molecule has 0 aromatic heterocycles.